The second-order valence-electron chi connectivity index (χ2n) is 6.15. The smallest absolute Gasteiger partial charge is 0.123 e. The van der Waals surface area contributed by atoms with Gasteiger partial charge in [-0.3, -0.25) is 0 Å². The lowest BCUT2D eigenvalue weighted by Crippen LogP contribution is -2.01. The van der Waals surface area contributed by atoms with E-state index in [1.54, 1.807) is 12.1 Å². The number of aliphatic hydroxyl groups excluding tert-OH is 1. The Morgan fingerprint density at radius 2 is 1.52 bits per heavy atom. The van der Waals surface area contributed by atoms with E-state index in [0.29, 0.717) is 6.42 Å². The lowest BCUT2D eigenvalue weighted by molar-refractivity contribution is 0.178. The minimum Gasteiger partial charge on any atom is -0.388 e. The molecule has 0 fully saturated rings. The highest BCUT2D eigenvalue weighted by Gasteiger charge is 2.14. The van der Waals surface area contributed by atoms with Crippen molar-refractivity contribution >= 4 is 10.9 Å². The lowest BCUT2D eigenvalue weighted by atomic mass is 10.0. The van der Waals surface area contributed by atoms with Crippen LogP contribution in [0.15, 0.2) is 85.1 Å². The molecule has 1 N–H and O–H groups in total. The number of rotatable bonds is 4. The van der Waals surface area contributed by atoms with Crippen LogP contribution in [-0.4, -0.2) is 9.67 Å². The van der Waals surface area contributed by atoms with Crippen LogP contribution in [0.1, 0.15) is 17.2 Å². The molecule has 25 heavy (non-hydrogen) atoms. The van der Waals surface area contributed by atoms with Crippen LogP contribution in [0.5, 0.6) is 0 Å². The van der Waals surface area contributed by atoms with Gasteiger partial charge in [-0.15, -0.1) is 0 Å². The molecule has 0 aliphatic heterocycles. The zero-order chi connectivity index (χ0) is 17.2. The zero-order valence-corrected chi connectivity index (χ0v) is 13.6. The van der Waals surface area contributed by atoms with Crippen molar-refractivity contribution < 1.29 is 9.50 Å². The monoisotopic (exact) mass is 331 g/mol. The standard InChI is InChI=1S/C22H18FNO/c23-18-12-10-16(11-13-18)22(25)14-17-15-24(19-6-2-1-3-7-19)21-9-5-4-8-20(17)21/h1-13,15,22,25H,14H2. The molecule has 0 bridgehead atoms. The molecule has 4 rings (SSSR count). The van der Waals surface area contributed by atoms with Gasteiger partial charge in [0, 0.05) is 23.7 Å². The topological polar surface area (TPSA) is 25.2 Å². The molecule has 0 radical (unpaired) electrons. The van der Waals surface area contributed by atoms with Gasteiger partial charge in [0.25, 0.3) is 0 Å². The molecule has 124 valence electrons. The number of halogens is 1. The van der Waals surface area contributed by atoms with Crippen molar-refractivity contribution in [2.45, 2.75) is 12.5 Å². The van der Waals surface area contributed by atoms with Gasteiger partial charge < -0.3 is 9.67 Å². The molecule has 2 nitrogen and oxygen atoms in total. The van der Waals surface area contributed by atoms with E-state index < -0.39 is 6.10 Å². The number of hydrogen-bond donors (Lipinski definition) is 1. The van der Waals surface area contributed by atoms with Crippen molar-refractivity contribution in [2.24, 2.45) is 0 Å². The maximum absolute atomic E-state index is 13.1. The number of hydrogen-bond acceptors (Lipinski definition) is 1. The number of aliphatic hydroxyl groups is 1. The van der Waals surface area contributed by atoms with Gasteiger partial charge in [-0.1, -0.05) is 48.5 Å². The molecule has 0 aliphatic rings. The average molecular weight is 331 g/mol. The van der Waals surface area contributed by atoms with Crippen molar-refractivity contribution in [3.8, 4) is 5.69 Å². The van der Waals surface area contributed by atoms with Gasteiger partial charge in [-0.05, 0) is 41.5 Å². The molecule has 0 amide bonds. The van der Waals surface area contributed by atoms with E-state index in [1.165, 1.54) is 12.1 Å². The first-order valence-electron chi connectivity index (χ1n) is 8.30. The molecule has 1 unspecified atom stereocenters. The molecule has 3 heteroatoms. The number of para-hydroxylation sites is 2. The van der Waals surface area contributed by atoms with E-state index in [9.17, 15) is 9.50 Å². The van der Waals surface area contributed by atoms with Crippen LogP contribution < -0.4 is 0 Å². The largest absolute Gasteiger partial charge is 0.388 e. The van der Waals surface area contributed by atoms with Gasteiger partial charge in [0.2, 0.25) is 0 Å². The Kier molecular flexibility index (Phi) is 4.08. The first-order chi connectivity index (χ1) is 12.2. The highest BCUT2D eigenvalue weighted by atomic mass is 19.1. The van der Waals surface area contributed by atoms with Gasteiger partial charge in [0.1, 0.15) is 5.82 Å². The third kappa shape index (κ3) is 3.06. The summed E-state index contributed by atoms with van der Waals surface area (Å²) in [4.78, 5) is 0. The summed E-state index contributed by atoms with van der Waals surface area (Å²) < 4.78 is 15.2. The van der Waals surface area contributed by atoms with Crippen LogP contribution in [0.3, 0.4) is 0 Å². The molecular formula is C22H18FNO. The second-order valence-corrected chi connectivity index (χ2v) is 6.15. The number of benzene rings is 3. The third-order valence-corrected chi connectivity index (χ3v) is 4.50. The quantitative estimate of drug-likeness (QED) is 0.556. The summed E-state index contributed by atoms with van der Waals surface area (Å²) in [5, 5.41) is 11.7. The summed E-state index contributed by atoms with van der Waals surface area (Å²) in [6, 6.07) is 24.3. The fraction of sp³-hybridized carbons (Fsp3) is 0.0909. The summed E-state index contributed by atoms with van der Waals surface area (Å²) in [6.45, 7) is 0. The molecule has 0 saturated carbocycles. The normalized spacial score (nSPS) is 12.4. The van der Waals surface area contributed by atoms with E-state index >= 15 is 0 Å². The Bertz CT molecular complexity index is 990. The van der Waals surface area contributed by atoms with Gasteiger partial charge in [0.15, 0.2) is 0 Å². The predicted molar refractivity (Wildman–Crippen MR) is 98.3 cm³/mol. The first-order valence-corrected chi connectivity index (χ1v) is 8.30. The Morgan fingerprint density at radius 3 is 2.28 bits per heavy atom. The predicted octanol–water partition coefficient (Wildman–Crippen LogP) is 5.05. The van der Waals surface area contributed by atoms with Gasteiger partial charge in [-0.25, -0.2) is 4.39 Å². The Morgan fingerprint density at radius 1 is 0.840 bits per heavy atom. The van der Waals surface area contributed by atoms with E-state index in [2.05, 4.69) is 35.0 Å². The summed E-state index contributed by atoms with van der Waals surface area (Å²) in [7, 11) is 0. The van der Waals surface area contributed by atoms with Crippen molar-refractivity contribution in [2.75, 3.05) is 0 Å². The molecule has 4 aromatic rings. The fourth-order valence-electron chi connectivity index (χ4n) is 3.23. The Labute approximate surface area is 145 Å². The minimum atomic E-state index is -0.671. The number of nitrogens with zero attached hydrogens (tertiary/aromatic N) is 1. The van der Waals surface area contributed by atoms with Crippen LogP contribution in [0, 0.1) is 5.82 Å². The minimum absolute atomic E-state index is 0.295. The van der Waals surface area contributed by atoms with Crippen LogP contribution in [0.4, 0.5) is 4.39 Å². The summed E-state index contributed by atoms with van der Waals surface area (Å²) in [6.07, 6.45) is 1.88. The van der Waals surface area contributed by atoms with Gasteiger partial charge in [0.05, 0.1) is 11.6 Å². The lowest BCUT2D eigenvalue weighted by Gasteiger charge is -2.10. The van der Waals surface area contributed by atoms with Crippen LogP contribution >= 0.6 is 0 Å². The molecule has 1 heterocycles. The zero-order valence-electron chi connectivity index (χ0n) is 13.6. The first kappa shape index (κ1) is 15.6. The van der Waals surface area contributed by atoms with Crippen LogP contribution in [0.25, 0.3) is 16.6 Å². The summed E-state index contributed by atoms with van der Waals surface area (Å²) in [5.74, 6) is -0.295. The maximum atomic E-state index is 13.1. The Balaban J connectivity index is 1.74. The van der Waals surface area contributed by atoms with Crippen molar-refractivity contribution in [3.05, 3.63) is 102 Å². The highest BCUT2D eigenvalue weighted by molar-refractivity contribution is 5.85. The molecule has 1 aromatic heterocycles. The second kappa shape index (κ2) is 6.54. The number of aromatic nitrogens is 1. The molecule has 0 spiro atoms. The molecule has 0 aliphatic carbocycles. The van der Waals surface area contributed by atoms with Gasteiger partial charge in [-0.2, -0.15) is 0 Å². The molecule has 1 atom stereocenters. The third-order valence-electron chi connectivity index (χ3n) is 4.50. The SMILES string of the molecule is OC(Cc1cn(-c2ccccc2)c2ccccc12)c1ccc(F)cc1. The molecule has 0 saturated heterocycles. The summed E-state index contributed by atoms with van der Waals surface area (Å²) in [5.41, 5.74) is 3.98. The van der Waals surface area contributed by atoms with E-state index in [4.69, 9.17) is 0 Å². The van der Waals surface area contributed by atoms with Gasteiger partial charge >= 0.3 is 0 Å². The van der Waals surface area contributed by atoms with E-state index in [0.717, 1.165) is 27.7 Å². The van der Waals surface area contributed by atoms with E-state index in [-0.39, 0.29) is 5.82 Å². The maximum Gasteiger partial charge on any atom is 0.123 e. The number of fused-ring (bicyclic) bond motifs is 1. The summed E-state index contributed by atoms with van der Waals surface area (Å²) >= 11 is 0. The molecule has 3 aromatic carbocycles. The fourth-order valence-corrected chi connectivity index (χ4v) is 3.23. The van der Waals surface area contributed by atoms with Crippen molar-refractivity contribution in [3.63, 3.8) is 0 Å². The van der Waals surface area contributed by atoms with Crippen molar-refractivity contribution in [1.82, 2.24) is 4.57 Å². The van der Waals surface area contributed by atoms with Crippen molar-refractivity contribution in [1.29, 1.82) is 0 Å². The Hall–Kier alpha value is -2.91. The highest BCUT2D eigenvalue weighted by Crippen LogP contribution is 2.28. The molecular weight excluding hydrogens is 313 g/mol. The van der Waals surface area contributed by atoms with Crippen LogP contribution in [-0.2, 0) is 6.42 Å². The van der Waals surface area contributed by atoms with Crippen LogP contribution in [0.2, 0.25) is 0 Å². The average Bonchev–Trinajstić information content (AvgIpc) is 3.02. The van der Waals surface area contributed by atoms with E-state index in [1.807, 2.05) is 30.3 Å².